The maximum atomic E-state index is 6.09. The first-order valence-electron chi connectivity index (χ1n) is 6.73. The van der Waals surface area contributed by atoms with E-state index in [2.05, 4.69) is 44.9 Å². The van der Waals surface area contributed by atoms with Crippen molar-refractivity contribution < 1.29 is 0 Å². The predicted molar refractivity (Wildman–Crippen MR) is 100 cm³/mol. The number of hydrogen-bond donors (Lipinski definition) is 1. The fourth-order valence-corrected chi connectivity index (χ4v) is 3.06. The van der Waals surface area contributed by atoms with Gasteiger partial charge in [0.05, 0.1) is 5.02 Å². The molecule has 1 aliphatic rings. The van der Waals surface area contributed by atoms with E-state index in [9.17, 15) is 0 Å². The second kappa shape index (κ2) is 10.9. The molecule has 0 bridgehead atoms. The monoisotopic (exact) mass is 414 g/mol. The van der Waals surface area contributed by atoms with Gasteiger partial charge in [0, 0.05) is 36.7 Å². The Morgan fingerprint density at radius 1 is 1.33 bits per heavy atom. The highest BCUT2D eigenvalue weighted by atomic mass is 79.9. The van der Waals surface area contributed by atoms with Crippen molar-refractivity contribution in [3.8, 4) is 0 Å². The lowest BCUT2D eigenvalue weighted by molar-refractivity contribution is 0.166. The molecule has 1 fully saturated rings. The summed E-state index contributed by atoms with van der Waals surface area (Å²) in [4.78, 5) is 2.55. The highest BCUT2D eigenvalue weighted by Gasteiger charge is 2.21. The molecule has 0 amide bonds. The van der Waals surface area contributed by atoms with Crippen molar-refractivity contribution in [2.75, 3.05) is 26.2 Å². The minimum atomic E-state index is 0. The van der Waals surface area contributed by atoms with Crippen LogP contribution in [-0.4, -0.2) is 31.1 Å². The number of halogens is 4. The lowest BCUT2D eigenvalue weighted by atomic mass is 9.99. The molecule has 0 radical (unpaired) electrons. The minimum absolute atomic E-state index is 0. The summed E-state index contributed by atoms with van der Waals surface area (Å²) >= 11 is 9.61. The molecule has 21 heavy (non-hydrogen) atoms. The second-order valence-electron chi connectivity index (χ2n) is 4.84. The molecule has 1 aliphatic heterocycles. The SMILES string of the molecule is C=CCC[C@@H](c1ccc(Cl)c(Br)c1)N1CCNCC1.Cl.Cl. The second-order valence-corrected chi connectivity index (χ2v) is 6.10. The van der Waals surface area contributed by atoms with Crippen molar-refractivity contribution in [2.45, 2.75) is 18.9 Å². The summed E-state index contributed by atoms with van der Waals surface area (Å²) in [5.74, 6) is 0. The van der Waals surface area contributed by atoms with E-state index in [0.717, 1.165) is 48.5 Å². The molecule has 1 aromatic rings. The quantitative estimate of drug-likeness (QED) is 0.690. The van der Waals surface area contributed by atoms with Crippen LogP contribution in [0.4, 0.5) is 0 Å². The highest BCUT2D eigenvalue weighted by molar-refractivity contribution is 9.10. The van der Waals surface area contributed by atoms with Gasteiger partial charge in [0.25, 0.3) is 0 Å². The Labute approximate surface area is 153 Å². The molecule has 120 valence electrons. The van der Waals surface area contributed by atoms with E-state index in [-0.39, 0.29) is 24.8 Å². The highest BCUT2D eigenvalue weighted by Crippen LogP contribution is 2.31. The molecule has 0 aromatic heterocycles. The Morgan fingerprint density at radius 2 is 2.00 bits per heavy atom. The van der Waals surface area contributed by atoms with Crippen molar-refractivity contribution in [3.05, 3.63) is 45.9 Å². The first-order valence-corrected chi connectivity index (χ1v) is 7.90. The molecule has 0 unspecified atom stereocenters. The zero-order chi connectivity index (χ0) is 13.7. The maximum absolute atomic E-state index is 6.09. The van der Waals surface area contributed by atoms with Crippen molar-refractivity contribution in [2.24, 2.45) is 0 Å². The fourth-order valence-electron chi connectivity index (χ4n) is 2.55. The van der Waals surface area contributed by atoms with Gasteiger partial charge in [-0.25, -0.2) is 0 Å². The van der Waals surface area contributed by atoms with Crippen LogP contribution in [0.2, 0.25) is 5.02 Å². The summed E-state index contributed by atoms with van der Waals surface area (Å²) in [5, 5.41) is 4.18. The van der Waals surface area contributed by atoms with Crippen LogP contribution in [0.3, 0.4) is 0 Å². The third-order valence-corrected chi connectivity index (χ3v) is 4.78. The summed E-state index contributed by atoms with van der Waals surface area (Å²) in [6.45, 7) is 8.18. The zero-order valence-corrected chi connectivity index (χ0v) is 15.8. The molecule has 0 aliphatic carbocycles. The van der Waals surface area contributed by atoms with Crippen LogP contribution >= 0.6 is 52.3 Å². The molecular formula is C15H22BrCl3N2. The molecule has 1 heterocycles. The molecule has 1 saturated heterocycles. The van der Waals surface area contributed by atoms with Crippen molar-refractivity contribution in [3.63, 3.8) is 0 Å². The minimum Gasteiger partial charge on any atom is -0.314 e. The molecule has 1 atom stereocenters. The average Bonchev–Trinajstić information content (AvgIpc) is 2.44. The summed E-state index contributed by atoms with van der Waals surface area (Å²) < 4.78 is 0.977. The molecule has 0 spiro atoms. The van der Waals surface area contributed by atoms with E-state index in [0.29, 0.717) is 6.04 Å². The topological polar surface area (TPSA) is 15.3 Å². The normalized spacial score (nSPS) is 16.5. The Hall–Kier alpha value is 0.230. The Balaban J connectivity index is 0.00000200. The fraction of sp³-hybridized carbons (Fsp3) is 0.467. The average molecular weight is 417 g/mol. The molecule has 1 aromatic carbocycles. The largest absolute Gasteiger partial charge is 0.314 e. The van der Waals surface area contributed by atoms with Gasteiger partial charge in [0.2, 0.25) is 0 Å². The molecular weight excluding hydrogens is 394 g/mol. The van der Waals surface area contributed by atoms with Crippen LogP contribution in [0, 0.1) is 0 Å². The summed E-state index contributed by atoms with van der Waals surface area (Å²) in [5.41, 5.74) is 1.33. The molecule has 1 N–H and O–H groups in total. The van der Waals surface area contributed by atoms with Crippen molar-refractivity contribution in [1.82, 2.24) is 10.2 Å². The number of piperazine rings is 1. The Kier molecular flexibility index (Phi) is 11.0. The third-order valence-electron chi connectivity index (χ3n) is 3.57. The van der Waals surface area contributed by atoms with E-state index >= 15 is 0 Å². The van der Waals surface area contributed by atoms with Gasteiger partial charge in [-0.15, -0.1) is 31.4 Å². The van der Waals surface area contributed by atoms with Gasteiger partial charge in [-0.3, -0.25) is 4.90 Å². The van der Waals surface area contributed by atoms with Gasteiger partial charge in [0.15, 0.2) is 0 Å². The van der Waals surface area contributed by atoms with E-state index < -0.39 is 0 Å². The van der Waals surface area contributed by atoms with E-state index in [1.165, 1.54) is 5.56 Å². The zero-order valence-electron chi connectivity index (χ0n) is 11.9. The van der Waals surface area contributed by atoms with Crippen LogP contribution in [-0.2, 0) is 0 Å². The van der Waals surface area contributed by atoms with Crippen molar-refractivity contribution >= 4 is 52.3 Å². The Morgan fingerprint density at radius 3 is 2.57 bits per heavy atom. The van der Waals surface area contributed by atoms with E-state index in [1.54, 1.807) is 0 Å². The maximum Gasteiger partial charge on any atom is 0.0548 e. The molecule has 2 nitrogen and oxygen atoms in total. The first kappa shape index (κ1) is 21.2. The molecule has 0 saturated carbocycles. The van der Waals surface area contributed by atoms with Crippen LogP contribution in [0.15, 0.2) is 35.3 Å². The van der Waals surface area contributed by atoms with Crippen LogP contribution in [0.5, 0.6) is 0 Å². The summed E-state index contributed by atoms with van der Waals surface area (Å²) in [6, 6.07) is 6.72. The predicted octanol–water partition coefficient (Wildman–Crippen LogP) is 4.86. The lowest BCUT2D eigenvalue weighted by Crippen LogP contribution is -2.45. The lowest BCUT2D eigenvalue weighted by Gasteiger charge is -2.35. The summed E-state index contributed by atoms with van der Waals surface area (Å²) in [7, 11) is 0. The number of hydrogen-bond acceptors (Lipinski definition) is 2. The first-order chi connectivity index (χ1) is 9.22. The molecule has 2 rings (SSSR count). The van der Waals surface area contributed by atoms with Crippen LogP contribution < -0.4 is 5.32 Å². The van der Waals surface area contributed by atoms with Crippen LogP contribution in [0.25, 0.3) is 0 Å². The van der Waals surface area contributed by atoms with Gasteiger partial charge in [-0.05, 0) is 46.5 Å². The van der Waals surface area contributed by atoms with Gasteiger partial charge in [0.1, 0.15) is 0 Å². The number of rotatable bonds is 5. The van der Waals surface area contributed by atoms with Crippen molar-refractivity contribution in [1.29, 1.82) is 0 Å². The summed E-state index contributed by atoms with van der Waals surface area (Å²) in [6.07, 6.45) is 4.15. The van der Waals surface area contributed by atoms with E-state index in [4.69, 9.17) is 11.6 Å². The van der Waals surface area contributed by atoms with E-state index in [1.807, 2.05) is 12.1 Å². The van der Waals surface area contributed by atoms with Gasteiger partial charge in [-0.1, -0.05) is 23.7 Å². The number of nitrogens with one attached hydrogen (secondary N) is 1. The number of benzene rings is 1. The number of allylic oxidation sites excluding steroid dienone is 1. The van der Waals surface area contributed by atoms with Gasteiger partial charge >= 0.3 is 0 Å². The standard InChI is InChI=1S/C15H20BrClN2.2ClH/c1-2-3-4-15(19-9-7-18-8-10-19)12-5-6-14(17)13(16)11-12;;/h2,5-6,11,15,18H,1,3-4,7-10H2;2*1H/t15-;;/m0../s1. The Bertz CT molecular complexity index is 437. The van der Waals surface area contributed by atoms with Gasteiger partial charge in [-0.2, -0.15) is 0 Å². The van der Waals surface area contributed by atoms with Crippen LogP contribution in [0.1, 0.15) is 24.4 Å². The third kappa shape index (κ3) is 6.09. The number of nitrogens with zero attached hydrogens (tertiary/aromatic N) is 1. The van der Waals surface area contributed by atoms with Gasteiger partial charge < -0.3 is 5.32 Å². The molecule has 6 heteroatoms. The smallest absolute Gasteiger partial charge is 0.0548 e.